The van der Waals surface area contributed by atoms with Gasteiger partial charge in [0.25, 0.3) is 0 Å². The van der Waals surface area contributed by atoms with Gasteiger partial charge in [0.05, 0.1) is 35.2 Å². The molecule has 0 saturated heterocycles. The van der Waals surface area contributed by atoms with E-state index in [1.165, 1.54) is 5.56 Å². The molecule has 36 heavy (non-hydrogen) atoms. The van der Waals surface area contributed by atoms with Gasteiger partial charge >= 0.3 is 0 Å². The second-order valence-electron chi connectivity index (χ2n) is 8.91. The number of H-pyrrole nitrogens is 1. The van der Waals surface area contributed by atoms with E-state index in [1.807, 2.05) is 73.1 Å². The summed E-state index contributed by atoms with van der Waals surface area (Å²) in [6, 6.07) is 20.0. The second kappa shape index (κ2) is 7.88. The predicted molar refractivity (Wildman–Crippen MR) is 135 cm³/mol. The van der Waals surface area contributed by atoms with Crippen LogP contribution in [0.3, 0.4) is 0 Å². The first-order chi connectivity index (χ1) is 17.6. The zero-order valence-corrected chi connectivity index (χ0v) is 19.8. The molecule has 0 spiro atoms. The summed E-state index contributed by atoms with van der Waals surface area (Å²) in [6.45, 7) is 4.71. The summed E-state index contributed by atoms with van der Waals surface area (Å²) in [5.74, 6) is 2.72. The Balaban J connectivity index is 1.35. The van der Waals surface area contributed by atoms with Crippen molar-refractivity contribution in [1.29, 1.82) is 0 Å². The molecular weight excluding hydrogens is 452 g/mol. The third-order valence-electron chi connectivity index (χ3n) is 6.36. The molecule has 0 amide bonds. The highest BCUT2D eigenvalue weighted by Crippen LogP contribution is 2.32. The van der Waals surface area contributed by atoms with Gasteiger partial charge in [0.15, 0.2) is 5.82 Å². The van der Waals surface area contributed by atoms with Crippen molar-refractivity contribution in [1.82, 2.24) is 39.5 Å². The zero-order chi connectivity index (χ0) is 24.2. The third-order valence-corrected chi connectivity index (χ3v) is 6.36. The molecule has 0 radical (unpaired) electrons. The summed E-state index contributed by atoms with van der Waals surface area (Å²) in [4.78, 5) is 17.7. The first-order valence-corrected chi connectivity index (χ1v) is 11.8. The molecule has 0 fully saturated rings. The molecule has 0 bridgehead atoms. The molecule has 0 atom stereocenters. The standard InChI is InChI=1S/C27H22N8O/c1-16-13-17(2)34(32-16)20-8-9-23(28-15-20)25-31-26(19-7-10-24-18(14-19)11-12-36-24)35(33-25)27-29-21-5-3-4-6-22(21)30-27/h3-10,13-15H,11-12H2,1-2H3,(H,29,30). The van der Waals surface area contributed by atoms with Crippen LogP contribution in [-0.4, -0.2) is 46.1 Å². The van der Waals surface area contributed by atoms with E-state index in [-0.39, 0.29) is 0 Å². The minimum Gasteiger partial charge on any atom is -0.493 e. The maximum Gasteiger partial charge on any atom is 0.231 e. The zero-order valence-electron chi connectivity index (χ0n) is 19.8. The van der Waals surface area contributed by atoms with Gasteiger partial charge in [-0.05, 0) is 67.9 Å². The number of ether oxygens (including phenoxy) is 1. The fourth-order valence-electron chi connectivity index (χ4n) is 4.65. The number of hydrogen-bond acceptors (Lipinski definition) is 6. The highest BCUT2D eigenvalue weighted by atomic mass is 16.5. The van der Waals surface area contributed by atoms with Crippen molar-refractivity contribution in [3.05, 3.63) is 83.8 Å². The van der Waals surface area contributed by atoms with Gasteiger partial charge in [-0.3, -0.25) is 4.98 Å². The van der Waals surface area contributed by atoms with Gasteiger partial charge in [-0.15, -0.1) is 5.10 Å². The molecule has 0 saturated carbocycles. The van der Waals surface area contributed by atoms with Gasteiger partial charge in [0, 0.05) is 17.7 Å². The molecule has 7 rings (SSSR count). The van der Waals surface area contributed by atoms with Crippen molar-refractivity contribution in [2.75, 3.05) is 6.61 Å². The monoisotopic (exact) mass is 474 g/mol. The fraction of sp³-hybridized carbons (Fsp3) is 0.148. The molecule has 1 N–H and O–H groups in total. The van der Waals surface area contributed by atoms with Gasteiger partial charge in [-0.2, -0.15) is 9.78 Å². The molecule has 6 aromatic rings. The number of para-hydroxylation sites is 2. The summed E-state index contributed by atoms with van der Waals surface area (Å²) in [6.07, 6.45) is 2.67. The molecule has 9 nitrogen and oxygen atoms in total. The van der Waals surface area contributed by atoms with Crippen molar-refractivity contribution < 1.29 is 4.74 Å². The molecule has 4 aromatic heterocycles. The van der Waals surface area contributed by atoms with Gasteiger partial charge in [-0.1, -0.05) is 12.1 Å². The highest BCUT2D eigenvalue weighted by Gasteiger charge is 2.21. The van der Waals surface area contributed by atoms with Crippen LogP contribution in [0.5, 0.6) is 5.75 Å². The van der Waals surface area contributed by atoms with Gasteiger partial charge < -0.3 is 9.72 Å². The van der Waals surface area contributed by atoms with E-state index >= 15 is 0 Å². The van der Waals surface area contributed by atoms with Crippen LogP contribution in [0.2, 0.25) is 0 Å². The van der Waals surface area contributed by atoms with Gasteiger partial charge in [0.2, 0.25) is 11.8 Å². The number of nitrogens with zero attached hydrogens (tertiary/aromatic N) is 7. The Morgan fingerprint density at radius 1 is 0.917 bits per heavy atom. The Morgan fingerprint density at radius 3 is 2.64 bits per heavy atom. The number of nitrogens with one attached hydrogen (secondary N) is 1. The van der Waals surface area contributed by atoms with Gasteiger partial charge in [-0.25, -0.2) is 14.6 Å². The summed E-state index contributed by atoms with van der Waals surface area (Å²) in [5.41, 5.74) is 7.49. The molecule has 0 unspecified atom stereocenters. The lowest BCUT2D eigenvalue weighted by Crippen LogP contribution is -2.02. The number of aromatic nitrogens is 8. The van der Waals surface area contributed by atoms with Crippen molar-refractivity contribution in [3.8, 4) is 40.3 Å². The van der Waals surface area contributed by atoms with Crippen molar-refractivity contribution in [3.63, 3.8) is 0 Å². The van der Waals surface area contributed by atoms with E-state index < -0.39 is 0 Å². The first kappa shape index (κ1) is 20.6. The number of imidazole rings is 1. The van der Waals surface area contributed by atoms with Gasteiger partial charge in [0.1, 0.15) is 11.4 Å². The number of benzene rings is 2. The number of pyridine rings is 1. The van der Waals surface area contributed by atoms with E-state index in [2.05, 4.69) is 21.1 Å². The third kappa shape index (κ3) is 3.36. The SMILES string of the molecule is Cc1cc(C)n(-c2ccc(-c3nc(-c4ccc5c(c4)CCO5)n(-c4nc5ccccc5[nH]4)n3)nc2)n1. The van der Waals surface area contributed by atoms with Crippen LogP contribution in [0.1, 0.15) is 17.0 Å². The maximum absolute atomic E-state index is 5.70. The van der Waals surface area contributed by atoms with E-state index in [1.54, 1.807) is 10.9 Å². The van der Waals surface area contributed by atoms with E-state index in [0.29, 0.717) is 29.9 Å². The number of rotatable bonds is 4. The molecule has 176 valence electrons. The highest BCUT2D eigenvalue weighted by molar-refractivity contribution is 5.76. The van der Waals surface area contributed by atoms with Crippen LogP contribution in [0.4, 0.5) is 0 Å². The summed E-state index contributed by atoms with van der Waals surface area (Å²) < 4.78 is 9.33. The number of aromatic amines is 1. The van der Waals surface area contributed by atoms with Crippen LogP contribution in [0, 0.1) is 13.8 Å². The Hall–Kier alpha value is -4.79. The number of aryl methyl sites for hydroxylation is 2. The normalized spacial score (nSPS) is 12.7. The molecule has 1 aliphatic heterocycles. The largest absolute Gasteiger partial charge is 0.493 e. The van der Waals surface area contributed by atoms with Crippen molar-refractivity contribution in [2.24, 2.45) is 0 Å². The molecule has 5 heterocycles. The molecule has 0 aliphatic carbocycles. The molecule has 1 aliphatic rings. The summed E-state index contributed by atoms with van der Waals surface area (Å²) in [5, 5.41) is 9.38. The van der Waals surface area contributed by atoms with Crippen LogP contribution in [-0.2, 0) is 6.42 Å². The molecule has 9 heteroatoms. The Kier molecular flexibility index (Phi) is 4.50. The number of fused-ring (bicyclic) bond motifs is 2. The average Bonchev–Trinajstić information content (AvgIpc) is 3.68. The fourth-order valence-corrected chi connectivity index (χ4v) is 4.65. The van der Waals surface area contributed by atoms with Crippen molar-refractivity contribution in [2.45, 2.75) is 20.3 Å². The van der Waals surface area contributed by atoms with Crippen molar-refractivity contribution >= 4 is 11.0 Å². The topological polar surface area (TPSA) is 99.3 Å². The van der Waals surface area contributed by atoms with Crippen LogP contribution in [0.25, 0.3) is 45.6 Å². The average molecular weight is 475 g/mol. The summed E-state index contributed by atoms with van der Waals surface area (Å²) in [7, 11) is 0. The van der Waals surface area contributed by atoms with E-state index in [0.717, 1.165) is 45.8 Å². The smallest absolute Gasteiger partial charge is 0.231 e. The quantitative estimate of drug-likeness (QED) is 0.401. The van der Waals surface area contributed by atoms with Crippen LogP contribution < -0.4 is 4.74 Å². The first-order valence-electron chi connectivity index (χ1n) is 11.8. The Labute approximate surface area is 206 Å². The minimum atomic E-state index is 0.516. The number of hydrogen-bond donors (Lipinski definition) is 1. The van der Waals surface area contributed by atoms with Crippen LogP contribution in [0.15, 0.2) is 66.9 Å². The minimum absolute atomic E-state index is 0.516. The van der Waals surface area contributed by atoms with E-state index in [9.17, 15) is 0 Å². The Bertz CT molecular complexity index is 1710. The lowest BCUT2D eigenvalue weighted by molar-refractivity contribution is 0.357. The molecular formula is C27H22N8O. The second-order valence-corrected chi connectivity index (χ2v) is 8.91. The lowest BCUT2D eigenvalue weighted by atomic mass is 10.1. The maximum atomic E-state index is 5.70. The summed E-state index contributed by atoms with van der Waals surface area (Å²) >= 11 is 0. The van der Waals surface area contributed by atoms with Crippen LogP contribution >= 0.6 is 0 Å². The predicted octanol–water partition coefficient (Wildman–Crippen LogP) is 4.61. The molecule has 2 aromatic carbocycles. The lowest BCUT2D eigenvalue weighted by Gasteiger charge is -2.04. The Morgan fingerprint density at radius 2 is 1.83 bits per heavy atom. The van der Waals surface area contributed by atoms with E-state index in [4.69, 9.17) is 19.8 Å².